The van der Waals surface area contributed by atoms with E-state index in [1.165, 1.54) is 4.31 Å². The molecule has 0 saturated carbocycles. The summed E-state index contributed by atoms with van der Waals surface area (Å²) in [6.07, 6.45) is 0.417. The number of nitrogens with zero attached hydrogens (tertiary/aromatic N) is 1. The summed E-state index contributed by atoms with van der Waals surface area (Å²) in [6.45, 7) is 2.26. The Morgan fingerprint density at radius 1 is 1.17 bits per heavy atom. The molecule has 0 bridgehead atoms. The molecular weight excluding hydrogens is 312 g/mol. The van der Waals surface area contributed by atoms with Crippen molar-refractivity contribution in [3.05, 3.63) is 65.2 Å². The molecule has 5 nitrogen and oxygen atoms in total. The van der Waals surface area contributed by atoms with Crippen molar-refractivity contribution < 1.29 is 13.6 Å². The van der Waals surface area contributed by atoms with Crippen molar-refractivity contribution in [2.75, 3.05) is 5.32 Å². The minimum atomic E-state index is -2.20. The van der Waals surface area contributed by atoms with Gasteiger partial charge in [0.05, 0.1) is 0 Å². The number of hydrogen-bond donors (Lipinski definition) is 2. The van der Waals surface area contributed by atoms with E-state index >= 15 is 0 Å². The summed E-state index contributed by atoms with van der Waals surface area (Å²) in [7, 11) is 0. The van der Waals surface area contributed by atoms with Gasteiger partial charge in [-0.15, -0.1) is 0 Å². The topological polar surface area (TPSA) is 69.6 Å². The standard InChI is InChI=1S/C17H18N2O3S/c1-12-6-8-15(9-7-12)18-17(20)16-10-13-4-2-3-5-14(13)11-19(16)23(21)22/h2-9,16H,10-11H2,1H3,(H,18,20)(H,21,22). The van der Waals surface area contributed by atoms with Crippen LogP contribution in [0.1, 0.15) is 16.7 Å². The van der Waals surface area contributed by atoms with Crippen LogP contribution in [0.2, 0.25) is 0 Å². The van der Waals surface area contributed by atoms with Crippen molar-refractivity contribution in [2.24, 2.45) is 0 Å². The normalized spacial score (nSPS) is 19.0. The fourth-order valence-electron chi connectivity index (χ4n) is 2.75. The average Bonchev–Trinajstić information content (AvgIpc) is 2.55. The van der Waals surface area contributed by atoms with E-state index in [1.54, 1.807) is 0 Å². The molecule has 2 N–H and O–H groups in total. The predicted octanol–water partition coefficient (Wildman–Crippen LogP) is 2.50. The second-order valence-electron chi connectivity index (χ2n) is 5.65. The lowest BCUT2D eigenvalue weighted by molar-refractivity contribution is -0.120. The summed E-state index contributed by atoms with van der Waals surface area (Å²) in [5, 5.41) is 2.83. The molecule has 23 heavy (non-hydrogen) atoms. The van der Waals surface area contributed by atoms with Crippen LogP contribution >= 0.6 is 0 Å². The van der Waals surface area contributed by atoms with Crippen molar-refractivity contribution in [2.45, 2.75) is 25.9 Å². The van der Waals surface area contributed by atoms with Crippen LogP contribution in [0.3, 0.4) is 0 Å². The van der Waals surface area contributed by atoms with Crippen LogP contribution in [0.5, 0.6) is 0 Å². The first-order chi connectivity index (χ1) is 11.0. The maximum Gasteiger partial charge on any atom is 0.243 e. The molecule has 2 aromatic carbocycles. The number of carbonyl (C=O) groups is 1. The Balaban J connectivity index is 1.83. The monoisotopic (exact) mass is 330 g/mol. The summed E-state index contributed by atoms with van der Waals surface area (Å²) in [4.78, 5) is 12.6. The molecule has 0 radical (unpaired) electrons. The molecule has 1 heterocycles. The van der Waals surface area contributed by atoms with Gasteiger partial charge in [0.2, 0.25) is 17.2 Å². The zero-order chi connectivity index (χ0) is 16.4. The second-order valence-corrected chi connectivity index (χ2v) is 6.58. The highest BCUT2D eigenvalue weighted by atomic mass is 32.2. The van der Waals surface area contributed by atoms with Gasteiger partial charge in [-0.25, -0.2) is 4.21 Å². The lowest BCUT2D eigenvalue weighted by atomic mass is 9.95. The minimum Gasteiger partial charge on any atom is -0.325 e. The molecule has 1 aliphatic heterocycles. The molecule has 2 unspecified atom stereocenters. The van der Waals surface area contributed by atoms with E-state index < -0.39 is 17.3 Å². The summed E-state index contributed by atoms with van der Waals surface area (Å²) in [5.41, 5.74) is 3.81. The first-order valence-electron chi connectivity index (χ1n) is 7.36. The van der Waals surface area contributed by atoms with E-state index in [0.717, 1.165) is 16.7 Å². The molecule has 120 valence electrons. The molecule has 0 aliphatic carbocycles. The van der Waals surface area contributed by atoms with Gasteiger partial charge in [0.25, 0.3) is 0 Å². The average molecular weight is 330 g/mol. The Labute approximate surface area is 137 Å². The highest BCUT2D eigenvalue weighted by Crippen LogP contribution is 2.25. The van der Waals surface area contributed by atoms with Crippen LogP contribution in [0, 0.1) is 6.92 Å². The highest BCUT2D eigenvalue weighted by molar-refractivity contribution is 7.76. The molecule has 2 atom stereocenters. The molecule has 2 aromatic rings. The Morgan fingerprint density at radius 3 is 2.48 bits per heavy atom. The third-order valence-corrected chi connectivity index (χ3v) is 4.81. The first kappa shape index (κ1) is 15.9. The Hall–Kier alpha value is -2.02. The van der Waals surface area contributed by atoms with E-state index in [9.17, 15) is 13.6 Å². The Morgan fingerprint density at radius 2 is 1.83 bits per heavy atom. The number of rotatable bonds is 3. The van der Waals surface area contributed by atoms with Gasteiger partial charge >= 0.3 is 0 Å². The molecular formula is C17H18N2O3S. The molecule has 0 fully saturated rings. The SMILES string of the molecule is Cc1ccc(NC(=O)C2Cc3ccccc3CN2S(=O)O)cc1. The molecule has 0 saturated heterocycles. The fraction of sp³-hybridized carbons (Fsp3) is 0.235. The van der Waals surface area contributed by atoms with Gasteiger partial charge < -0.3 is 5.32 Å². The van der Waals surface area contributed by atoms with Crippen molar-refractivity contribution in [1.82, 2.24) is 4.31 Å². The number of nitrogens with one attached hydrogen (secondary N) is 1. The number of anilines is 1. The molecule has 3 rings (SSSR count). The summed E-state index contributed by atoms with van der Waals surface area (Å²) in [6, 6.07) is 14.5. The van der Waals surface area contributed by atoms with E-state index in [4.69, 9.17) is 0 Å². The van der Waals surface area contributed by atoms with E-state index in [1.807, 2.05) is 55.5 Å². The maximum atomic E-state index is 12.6. The zero-order valence-corrected chi connectivity index (χ0v) is 13.5. The fourth-order valence-corrected chi connectivity index (χ4v) is 3.39. The highest BCUT2D eigenvalue weighted by Gasteiger charge is 2.34. The van der Waals surface area contributed by atoms with E-state index in [2.05, 4.69) is 5.32 Å². The van der Waals surface area contributed by atoms with Gasteiger partial charge in [0.15, 0.2) is 0 Å². The van der Waals surface area contributed by atoms with Gasteiger partial charge in [-0.1, -0.05) is 42.0 Å². The smallest absolute Gasteiger partial charge is 0.243 e. The van der Waals surface area contributed by atoms with Gasteiger partial charge in [-0.05, 0) is 36.6 Å². The third-order valence-electron chi connectivity index (χ3n) is 4.03. The lowest BCUT2D eigenvalue weighted by Gasteiger charge is -2.32. The molecule has 0 aromatic heterocycles. The van der Waals surface area contributed by atoms with Crippen molar-refractivity contribution in [3.8, 4) is 0 Å². The lowest BCUT2D eigenvalue weighted by Crippen LogP contribution is -2.48. The predicted molar refractivity (Wildman–Crippen MR) is 90.1 cm³/mol. The van der Waals surface area contributed by atoms with Gasteiger partial charge in [-0.3, -0.25) is 9.35 Å². The number of carbonyl (C=O) groups excluding carboxylic acids is 1. The number of aryl methyl sites for hydroxylation is 1. The zero-order valence-electron chi connectivity index (χ0n) is 12.7. The van der Waals surface area contributed by atoms with Crippen molar-refractivity contribution in [3.63, 3.8) is 0 Å². The van der Waals surface area contributed by atoms with Gasteiger partial charge in [0.1, 0.15) is 6.04 Å². The summed E-state index contributed by atoms with van der Waals surface area (Å²) < 4.78 is 22.5. The number of hydrogen-bond acceptors (Lipinski definition) is 2. The van der Waals surface area contributed by atoms with Gasteiger partial charge in [-0.2, -0.15) is 4.31 Å². The van der Waals surface area contributed by atoms with Crippen molar-refractivity contribution >= 4 is 22.9 Å². The number of fused-ring (bicyclic) bond motifs is 1. The molecule has 1 aliphatic rings. The van der Waals surface area contributed by atoms with Crippen LogP contribution in [0.4, 0.5) is 5.69 Å². The summed E-state index contributed by atoms with van der Waals surface area (Å²) >= 11 is -2.20. The van der Waals surface area contributed by atoms with Crippen molar-refractivity contribution in [1.29, 1.82) is 0 Å². The number of amides is 1. The Bertz CT molecular complexity index is 746. The van der Waals surface area contributed by atoms with E-state index in [-0.39, 0.29) is 12.5 Å². The largest absolute Gasteiger partial charge is 0.325 e. The first-order valence-corrected chi connectivity index (χ1v) is 8.43. The van der Waals surface area contributed by atoms with Crippen LogP contribution in [0.15, 0.2) is 48.5 Å². The number of benzene rings is 2. The minimum absolute atomic E-state index is 0.272. The molecule has 6 heteroatoms. The molecule has 1 amide bonds. The maximum absolute atomic E-state index is 12.6. The second kappa shape index (κ2) is 6.62. The van der Waals surface area contributed by atoms with Crippen LogP contribution < -0.4 is 5.32 Å². The van der Waals surface area contributed by atoms with Crippen LogP contribution in [-0.4, -0.2) is 25.0 Å². The van der Waals surface area contributed by atoms with E-state index in [0.29, 0.717) is 12.1 Å². The van der Waals surface area contributed by atoms with Gasteiger partial charge in [0, 0.05) is 12.2 Å². The Kier molecular flexibility index (Phi) is 4.56. The summed E-state index contributed by atoms with van der Waals surface area (Å²) in [5.74, 6) is -0.272. The quantitative estimate of drug-likeness (QED) is 0.850. The molecule has 0 spiro atoms. The van der Waals surface area contributed by atoms with Crippen LogP contribution in [0.25, 0.3) is 0 Å². The van der Waals surface area contributed by atoms with Crippen LogP contribution in [-0.2, 0) is 29.0 Å². The third kappa shape index (κ3) is 3.50.